The number of pyridine rings is 1. The Morgan fingerprint density at radius 3 is 2.50 bits per heavy atom. The Kier molecular flexibility index (Phi) is 4.88. The van der Waals surface area contributed by atoms with Gasteiger partial charge in [0.15, 0.2) is 11.7 Å². The van der Waals surface area contributed by atoms with E-state index >= 15 is 0 Å². The van der Waals surface area contributed by atoms with Gasteiger partial charge in [-0.2, -0.15) is 18.4 Å². The second kappa shape index (κ2) is 6.71. The number of ether oxygens (including phenoxy) is 1. The molecule has 1 aromatic carbocycles. The van der Waals surface area contributed by atoms with Crippen LogP contribution in [-0.4, -0.2) is 17.9 Å². The fraction of sp³-hybridized carbons (Fsp3) is 0.235. The van der Waals surface area contributed by atoms with Crippen LogP contribution in [-0.2, 0) is 6.18 Å². The van der Waals surface area contributed by atoms with Crippen molar-refractivity contribution in [2.45, 2.75) is 19.0 Å². The molecule has 0 bridgehead atoms. The van der Waals surface area contributed by atoms with Gasteiger partial charge in [0.05, 0.1) is 24.4 Å². The zero-order chi connectivity index (χ0) is 17.9. The second-order valence-electron chi connectivity index (χ2n) is 5.08. The number of hydrogen-bond donors (Lipinski definition) is 0. The lowest BCUT2D eigenvalue weighted by molar-refractivity contribution is -0.137. The van der Waals surface area contributed by atoms with Crippen molar-refractivity contribution in [3.05, 3.63) is 58.9 Å². The summed E-state index contributed by atoms with van der Waals surface area (Å²) in [6, 6.07) is 8.33. The molecule has 7 heteroatoms. The van der Waals surface area contributed by atoms with Gasteiger partial charge in [-0.3, -0.25) is 9.78 Å². The Balaban J connectivity index is 2.35. The lowest BCUT2D eigenvalue weighted by atomic mass is 9.94. The molecule has 1 heterocycles. The smallest absolute Gasteiger partial charge is 0.417 e. The van der Waals surface area contributed by atoms with Crippen molar-refractivity contribution in [2.24, 2.45) is 0 Å². The number of nitrogens with zero attached hydrogens (tertiary/aromatic N) is 2. The third-order valence-corrected chi connectivity index (χ3v) is 3.49. The summed E-state index contributed by atoms with van der Waals surface area (Å²) in [5.74, 6) is -1.36. The number of alkyl halides is 3. The third kappa shape index (κ3) is 3.54. The van der Waals surface area contributed by atoms with Crippen LogP contribution >= 0.6 is 0 Å². The molecule has 2 rings (SSSR count). The minimum Gasteiger partial charge on any atom is -0.496 e. The molecule has 1 aromatic heterocycles. The Bertz CT molecular complexity index is 793. The number of ketones is 1. The van der Waals surface area contributed by atoms with E-state index in [4.69, 9.17) is 4.74 Å². The van der Waals surface area contributed by atoms with Crippen LogP contribution in [0.5, 0.6) is 5.75 Å². The van der Waals surface area contributed by atoms with Crippen molar-refractivity contribution in [3.63, 3.8) is 0 Å². The largest absolute Gasteiger partial charge is 0.496 e. The number of hydrogen-bond acceptors (Lipinski definition) is 4. The van der Waals surface area contributed by atoms with Crippen molar-refractivity contribution in [2.75, 3.05) is 7.11 Å². The first-order chi connectivity index (χ1) is 11.3. The second-order valence-corrected chi connectivity index (χ2v) is 5.08. The first kappa shape index (κ1) is 17.5. The first-order valence-electron chi connectivity index (χ1n) is 6.89. The normalized spacial score (nSPS) is 12.3. The average Bonchev–Trinajstić information content (AvgIpc) is 2.55. The maximum absolute atomic E-state index is 12.6. The molecule has 0 spiro atoms. The number of rotatable bonds is 4. The quantitative estimate of drug-likeness (QED) is 0.795. The van der Waals surface area contributed by atoms with E-state index in [1.165, 1.54) is 19.2 Å². The maximum Gasteiger partial charge on any atom is 0.417 e. The summed E-state index contributed by atoms with van der Waals surface area (Å²) in [7, 11) is 1.45. The van der Waals surface area contributed by atoms with Crippen molar-refractivity contribution in [3.8, 4) is 11.8 Å². The highest BCUT2D eigenvalue weighted by Gasteiger charge is 2.31. The summed E-state index contributed by atoms with van der Waals surface area (Å²) < 4.78 is 42.8. The molecule has 1 atom stereocenters. The molecule has 0 N–H and O–H groups in total. The van der Waals surface area contributed by atoms with Gasteiger partial charge in [-0.25, -0.2) is 0 Å². The topological polar surface area (TPSA) is 63.0 Å². The molecule has 2 aromatic rings. The van der Waals surface area contributed by atoms with Crippen molar-refractivity contribution in [1.29, 1.82) is 5.26 Å². The number of aryl methyl sites for hydroxylation is 1. The minimum absolute atomic E-state index is 0.0324. The Labute approximate surface area is 136 Å². The van der Waals surface area contributed by atoms with Crippen LogP contribution in [0.3, 0.4) is 0 Å². The van der Waals surface area contributed by atoms with Gasteiger partial charge in [0.2, 0.25) is 0 Å². The van der Waals surface area contributed by atoms with Gasteiger partial charge >= 0.3 is 6.18 Å². The molecular formula is C17H13F3N2O2. The summed E-state index contributed by atoms with van der Waals surface area (Å²) >= 11 is 0. The summed E-state index contributed by atoms with van der Waals surface area (Å²) in [6.07, 6.45) is -3.91. The SMILES string of the molecule is COc1cc(C(=O)C(C#N)c2ccc(C(F)(F)F)cn2)ccc1C. The summed E-state index contributed by atoms with van der Waals surface area (Å²) in [5, 5.41) is 9.26. The standard InChI is InChI=1S/C17H13F3N2O2/c1-10-3-4-11(7-15(10)24-2)16(23)13(8-21)14-6-5-12(9-22-14)17(18,19)20/h3-7,9,13H,1-2H3. The van der Waals surface area contributed by atoms with Crippen LogP contribution in [0.2, 0.25) is 0 Å². The fourth-order valence-electron chi connectivity index (χ4n) is 2.14. The summed E-state index contributed by atoms with van der Waals surface area (Å²) in [6.45, 7) is 1.80. The van der Waals surface area contributed by atoms with Crippen molar-refractivity contribution < 1.29 is 22.7 Å². The minimum atomic E-state index is -4.53. The predicted molar refractivity (Wildman–Crippen MR) is 79.7 cm³/mol. The highest BCUT2D eigenvalue weighted by molar-refractivity contribution is 6.02. The lowest BCUT2D eigenvalue weighted by Gasteiger charge is -2.11. The Morgan fingerprint density at radius 2 is 2.00 bits per heavy atom. The van der Waals surface area contributed by atoms with Crippen LogP contribution in [0.4, 0.5) is 13.2 Å². The van der Waals surface area contributed by atoms with E-state index in [9.17, 15) is 23.2 Å². The molecule has 0 radical (unpaired) electrons. The lowest BCUT2D eigenvalue weighted by Crippen LogP contribution is -2.14. The molecule has 24 heavy (non-hydrogen) atoms. The predicted octanol–water partition coefficient (Wildman–Crippen LogP) is 3.91. The van der Waals surface area contributed by atoms with E-state index in [2.05, 4.69) is 4.98 Å². The molecule has 4 nitrogen and oxygen atoms in total. The molecule has 0 saturated heterocycles. The average molecular weight is 334 g/mol. The number of benzene rings is 1. The molecular weight excluding hydrogens is 321 g/mol. The van der Waals surface area contributed by atoms with Crippen LogP contribution in [0.15, 0.2) is 36.5 Å². The van der Waals surface area contributed by atoms with E-state index in [-0.39, 0.29) is 11.3 Å². The van der Waals surface area contributed by atoms with Gasteiger partial charge in [0.1, 0.15) is 5.75 Å². The van der Waals surface area contributed by atoms with Crippen molar-refractivity contribution >= 4 is 5.78 Å². The number of methoxy groups -OCH3 is 1. The van der Waals surface area contributed by atoms with Gasteiger partial charge in [-0.1, -0.05) is 12.1 Å². The highest BCUT2D eigenvalue weighted by atomic mass is 19.4. The van der Waals surface area contributed by atoms with E-state index in [0.717, 1.165) is 17.7 Å². The Hall–Kier alpha value is -2.88. The van der Waals surface area contributed by atoms with E-state index in [1.54, 1.807) is 19.1 Å². The molecule has 0 fully saturated rings. The number of aromatic nitrogens is 1. The molecule has 0 aliphatic carbocycles. The number of carbonyl (C=O) groups is 1. The van der Waals surface area contributed by atoms with E-state index < -0.39 is 23.4 Å². The fourth-order valence-corrected chi connectivity index (χ4v) is 2.14. The van der Waals surface area contributed by atoms with E-state index in [0.29, 0.717) is 11.9 Å². The number of carbonyl (C=O) groups excluding carboxylic acids is 1. The molecule has 0 saturated carbocycles. The number of nitriles is 1. The Morgan fingerprint density at radius 1 is 1.29 bits per heavy atom. The van der Waals surface area contributed by atoms with Gasteiger partial charge in [0.25, 0.3) is 0 Å². The van der Waals surface area contributed by atoms with Crippen molar-refractivity contribution in [1.82, 2.24) is 4.98 Å². The first-order valence-corrected chi connectivity index (χ1v) is 6.89. The highest BCUT2D eigenvalue weighted by Crippen LogP contribution is 2.30. The number of Topliss-reactive ketones (excluding diaryl/α,β-unsaturated/α-hetero) is 1. The van der Waals surface area contributed by atoms with Crippen LogP contribution in [0.1, 0.15) is 33.1 Å². The van der Waals surface area contributed by atoms with Crippen LogP contribution in [0, 0.1) is 18.3 Å². The number of halogens is 3. The summed E-state index contributed by atoms with van der Waals surface area (Å²) in [4.78, 5) is 16.1. The van der Waals surface area contributed by atoms with Gasteiger partial charge < -0.3 is 4.74 Å². The zero-order valence-corrected chi connectivity index (χ0v) is 12.9. The monoisotopic (exact) mass is 334 g/mol. The van der Waals surface area contributed by atoms with Gasteiger partial charge in [0, 0.05) is 11.8 Å². The molecule has 124 valence electrons. The van der Waals surface area contributed by atoms with Crippen LogP contribution < -0.4 is 4.74 Å². The molecule has 0 aliphatic heterocycles. The molecule has 0 amide bonds. The van der Waals surface area contributed by atoms with Crippen LogP contribution in [0.25, 0.3) is 0 Å². The van der Waals surface area contributed by atoms with Gasteiger partial charge in [-0.15, -0.1) is 0 Å². The molecule has 1 unspecified atom stereocenters. The van der Waals surface area contributed by atoms with Gasteiger partial charge in [-0.05, 0) is 30.7 Å². The molecule has 0 aliphatic rings. The summed E-state index contributed by atoms with van der Waals surface area (Å²) in [5.41, 5.74) is 0.0725. The zero-order valence-electron chi connectivity index (χ0n) is 12.9. The van der Waals surface area contributed by atoms with E-state index in [1.807, 2.05) is 0 Å². The maximum atomic E-state index is 12.6. The third-order valence-electron chi connectivity index (χ3n) is 3.49.